The van der Waals surface area contributed by atoms with Crippen LogP contribution in [-0.2, 0) is 23.5 Å². The fourth-order valence-electron chi connectivity index (χ4n) is 1.08. The first-order chi connectivity index (χ1) is 7.42. The Morgan fingerprint density at radius 2 is 2.12 bits per heavy atom. The standard InChI is InChI=1S/C8H11NO6S/c1-14-7-4-5(2-3-6(7)10)8(11)16(12,13)15-9/h2-4,8,11H,1,9H3/q+1/p+1. The van der Waals surface area contributed by atoms with Crippen LogP contribution in [0, 0.1) is 0 Å². The van der Waals surface area contributed by atoms with Crippen molar-refractivity contribution >= 4 is 10.5 Å². The van der Waals surface area contributed by atoms with Crippen LogP contribution in [0.25, 0.3) is 0 Å². The normalized spacial score (nSPS) is 16.5. The van der Waals surface area contributed by atoms with Crippen molar-refractivity contribution in [1.29, 1.82) is 0 Å². The van der Waals surface area contributed by atoms with Crippen molar-refractivity contribution in [3.8, 4) is 11.5 Å². The number of phenolic OH excluding ortho intramolecular Hbond substituents is 1. The van der Waals surface area contributed by atoms with Crippen LogP contribution in [0.3, 0.4) is 0 Å². The molecule has 0 bridgehead atoms. The highest BCUT2D eigenvalue weighted by atomic mass is 32.3. The number of phenols is 1. The van der Waals surface area contributed by atoms with E-state index in [0.717, 1.165) is 0 Å². The van der Waals surface area contributed by atoms with Gasteiger partial charge in [-0.05, 0) is 22.4 Å². The molecule has 0 saturated carbocycles. The van der Waals surface area contributed by atoms with E-state index in [-0.39, 0.29) is 17.1 Å². The third kappa shape index (κ3) is 2.49. The summed E-state index contributed by atoms with van der Waals surface area (Å²) in [6.45, 7) is 0. The number of aliphatic hydroxyl groups excluding tert-OH is 1. The Morgan fingerprint density at radius 1 is 1.50 bits per heavy atom. The van der Waals surface area contributed by atoms with E-state index < -0.39 is 15.9 Å². The van der Waals surface area contributed by atoms with E-state index in [2.05, 4.69) is 10.2 Å². The predicted molar refractivity (Wildman–Crippen MR) is 52.3 cm³/mol. The second-order valence-corrected chi connectivity index (χ2v) is 4.56. The van der Waals surface area contributed by atoms with Crippen LogP contribution in [0.2, 0.25) is 0 Å². The van der Waals surface area contributed by atoms with E-state index in [1.807, 2.05) is 0 Å². The lowest BCUT2D eigenvalue weighted by Crippen LogP contribution is -2.53. The molecule has 89 valence electrons. The first-order valence-electron chi connectivity index (χ1n) is 4.15. The molecule has 16 heavy (non-hydrogen) atoms. The zero-order valence-corrected chi connectivity index (χ0v) is 9.27. The molecule has 1 rings (SSSR count). The number of aliphatic hydroxyl groups is 1. The van der Waals surface area contributed by atoms with E-state index in [1.54, 1.807) is 0 Å². The van der Waals surface area contributed by atoms with E-state index in [9.17, 15) is 19.0 Å². The van der Waals surface area contributed by atoms with Gasteiger partial charge in [-0.1, -0.05) is 0 Å². The molecule has 0 spiro atoms. The number of rotatable bonds is 4. The Balaban J connectivity index is 3.10. The molecule has 1 radical (unpaired) electrons. The molecule has 0 saturated heterocycles. The van der Waals surface area contributed by atoms with Crippen molar-refractivity contribution in [2.24, 2.45) is 0 Å². The minimum Gasteiger partial charge on any atom is -0.504 e. The van der Waals surface area contributed by atoms with Gasteiger partial charge in [0.1, 0.15) is 0 Å². The second-order valence-electron chi connectivity index (χ2n) is 2.89. The highest BCUT2D eigenvalue weighted by Gasteiger charge is 2.45. The maximum Gasteiger partial charge on any atom is 0.481 e. The molecule has 0 aliphatic carbocycles. The average Bonchev–Trinajstić information content (AvgIpc) is 2.28. The van der Waals surface area contributed by atoms with Crippen LogP contribution in [0.1, 0.15) is 11.0 Å². The van der Waals surface area contributed by atoms with Gasteiger partial charge in [0.05, 0.1) is 15.9 Å². The van der Waals surface area contributed by atoms with Crippen LogP contribution in [-0.4, -0.2) is 17.3 Å². The maximum absolute atomic E-state index is 11.1. The Hall–Kier alpha value is -1.19. The molecular formula is C8H12NO6S+2. The number of methoxy groups -OCH3 is 1. The molecule has 0 fully saturated rings. The van der Waals surface area contributed by atoms with Gasteiger partial charge >= 0.3 is 15.9 Å². The molecule has 0 aliphatic rings. The highest BCUT2D eigenvalue weighted by molar-refractivity contribution is 7.92. The van der Waals surface area contributed by atoms with Gasteiger partial charge in [-0.3, -0.25) is 0 Å². The average molecular weight is 250 g/mol. The van der Waals surface area contributed by atoms with Crippen molar-refractivity contribution < 1.29 is 33.9 Å². The molecule has 0 aliphatic heterocycles. The van der Waals surface area contributed by atoms with Gasteiger partial charge in [-0.25, -0.2) is 0 Å². The van der Waals surface area contributed by atoms with E-state index in [4.69, 9.17) is 4.74 Å². The smallest absolute Gasteiger partial charge is 0.481 e. The zero-order valence-electron chi connectivity index (χ0n) is 8.45. The third-order valence-corrected chi connectivity index (χ3v) is 3.07. The first-order valence-corrected chi connectivity index (χ1v) is 5.62. The van der Waals surface area contributed by atoms with Crippen LogP contribution in [0.5, 0.6) is 11.5 Å². The minimum absolute atomic E-state index is 0.0123. The van der Waals surface area contributed by atoms with Gasteiger partial charge in [0.25, 0.3) is 0 Å². The van der Waals surface area contributed by atoms with Crippen molar-refractivity contribution in [1.82, 2.24) is 0 Å². The number of ether oxygens (including phenoxy) is 1. The number of benzene rings is 1. The Morgan fingerprint density at radius 3 is 2.62 bits per heavy atom. The quantitative estimate of drug-likeness (QED) is 0.482. The molecule has 8 heteroatoms. The Kier molecular flexibility index (Phi) is 3.83. The van der Waals surface area contributed by atoms with Crippen LogP contribution >= 0.6 is 0 Å². The van der Waals surface area contributed by atoms with E-state index >= 15 is 0 Å². The molecule has 1 aromatic carbocycles. The number of quaternary nitrogens is 1. The van der Waals surface area contributed by atoms with E-state index in [0.29, 0.717) is 0 Å². The zero-order chi connectivity index (χ0) is 12.3. The van der Waals surface area contributed by atoms with Crippen LogP contribution < -0.4 is 10.6 Å². The SMILES string of the molecule is COc1cc(C(O)[S+]([O])(=O)O[NH3+])ccc1O. The molecular weight excluding hydrogens is 238 g/mol. The van der Waals surface area contributed by atoms with Gasteiger partial charge in [-0.2, -0.15) is 5.90 Å². The number of hydrogen-bond donors (Lipinski definition) is 3. The molecule has 1 aromatic rings. The minimum atomic E-state index is -4.18. The predicted octanol–water partition coefficient (Wildman–Crippen LogP) is -0.675. The van der Waals surface area contributed by atoms with Crippen molar-refractivity contribution in [3.05, 3.63) is 23.8 Å². The number of hydrogen-bond acceptors (Lipinski definition) is 5. The summed E-state index contributed by atoms with van der Waals surface area (Å²) in [6, 6.07) is 3.63. The molecule has 7 nitrogen and oxygen atoms in total. The van der Waals surface area contributed by atoms with Crippen LogP contribution in [0.15, 0.2) is 18.2 Å². The summed E-state index contributed by atoms with van der Waals surface area (Å²) in [7, 11) is -2.88. The van der Waals surface area contributed by atoms with Gasteiger partial charge in [0.2, 0.25) is 0 Å². The third-order valence-electron chi connectivity index (χ3n) is 1.93. The maximum atomic E-state index is 11.1. The van der Waals surface area contributed by atoms with Crippen molar-refractivity contribution in [2.75, 3.05) is 7.11 Å². The first kappa shape index (κ1) is 12.9. The van der Waals surface area contributed by atoms with Crippen molar-refractivity contribution in [2.45, 2.75) is 5.44 Å². The van der Waals surface area contributed by atoms with Gasteiger partial charge in [0.15, 0.2) is 11.5 Å². The topological polar surface area (TPSA) is 124 Å². The van der Waals surface area contributed by atoms with Crippen molar-refractivity contribution in [3.63, 3.8) is 0 Å². The fourth-order valence-corrected chi connectivity index (χ4v) is 1.69. The summed E-state index contributed by atoms with van der Waals surface area (Å²) in [5.74, 6) is 2.63. The summed E-state index contributed by atoms with van der Waals surface area (Å²) in [4.78, 5) is 0. The van der Waals surface area contributed by atoms with Gasteiger partial charge in [-0.15, -0.1) is 0 Å². The van der Waals surface area contributed by atoms with Crippen LogP contribution in [0.4, 0.5) is 0 Å². The lowest BCUT2D eigenvalue weighted by atomic mass is 10.2. The molecule has 2 atom stereocenters. The summed E-state index contributed by atoms with van der Waals surface area (Å²) >= 11 is 0. The highest BCUT2D eigenvalue weighted by Crippen LogP contribution is 2.32. The molecule has 2 unspecified atom stereocenters. The number of aromatic hydroxyl groups is 1. The summed E-state index contributed by atoms with van der Waals surface area (Å²) in [5, 5.41) is 18.7. The summed E-state index contributed by atoms with van der Waals surface area (Å²) in [5.41, 5.74) is -1.86. The summed E-state index contributed by atoms with van der Waals surface area (Å²) in [6.07, 6.45) is 0. The molecule has 0 amide bonds. The molecule has 5 N–H and O–H groups in total. The Labute approximate surface area is 92.8 Å². The molecule has 0 heterocycles. The molecule has 0 aromatic heterocycles. The monoisotopic (exact) mass is 250 g/mol. The lowest BCUT2D eigenvalue weighted by molar-refractivity contribution is -0.638. The Bertz CT molecular complexity index is 423. The summed E-state index contributed by atoms with van der Waals surface area (Å²) < 4.78 is 31.0. The fraction of sp³-hybridized carbons (Fsp3) is 0.250. The van der Waals surface area contributed by atoms with Gasteiger partial charge < -0.3 is 14.9 Å². The van der Waals surface area contributed by atoms with E-state index in [1.165, 1.54) is 25.3 Å². The largest absolute Gasteiger partial charge is 0.504 e. The lowest BCUT2D eigenvalue weighted by Gasteiger charge is -2.07. The van der Waals surface area contributed by atoms with Gasteiger partial charge in [0, 0.05) is 5.56 Å². The second kappa shape index (κ2) is 4.76.